The van der Waals surface area contributed by atoms with Crippen molar-refractivity contribution in [3.63, 3.8) is 0 Å². The molecule has 6 nitrogen and oxygen atoms in total. The summed E-state index contributed by atoms with van der Waals surface area (Å²) in [5.74, 6) is 1.01. The molecule has 3 aromatic rings. The summed E-state index contributed by atoms with van der Waals surface area (Å²) in [6, 6.07) is 12.3. The molecule has 0 saturated carbocycles. The lowest BCUT2D eigenvalue weighted by atomic mass is 10.0. The van der Waals surface area contributed by atoms with Gasteiger partial charge in [-0.15, -0.1) is 0 Å². The number of carbonyl (C=O) groups is 1. The van der Waals surface area contributed by atoms with E-state index >= 15 is 0 Å². The van der Waals surface area contributed by atoms with E-state index in [-0.39, 0.29) is 12.0 Å². The molecule has 1 saturated heterocycles. The second-order valence-corrected chi connectivity index (χ2v) is 6.78. The highest BCUT2D eigenvalue weighted by Crippen LogP contribution is 2.28. The van der Waals surface area contributed by atoms with E-state index in [1.807, 2.05) is 29.3 Å². The molecule has 4 rings (SSSR count). The third kappa shape index (κ3) is 3.95. The van der Waals surface area contributed by atoms with Crippen LogP contribution in [0.5, 0.6) is 5.75 Å². The summed E-state index contributed by atoms with van der Waals surface area (Å²) < 4.78 is 11.2. The number of ether oxygens (including phenoxy) is 2. The van der Waals surface area contributed by atoms with Gasteiger partial charge in [0.25, 0.3) is 0 Å². The van der Waals surface area contributed by atoms with Crippen molar-refractivity contribution in [2.75, 3.05) is 26.8 Å². The topological polar surface area (TPSA) is 67.5 Å². The Balaban J connectivity index is 1.44. The minimum atomic E-state index is -0.0943. The summed E-state index contributed by atoms with van der Waals surface area (Å²) in [6.07, 6.45) is 4.70. The highest BCUT2D eigenvalue weighted by Gasteiger charge is 2.25. The summed E-state index contributed by atoms with van der Waals surface area (Å²) in [4.78, 5) is 14.5. The van der Waals surface area contributed by atoms with Gasteiger partial charge in [-0.1, -0.05) is 18.2 Å². The van der Waals surface area contributed by atoms with Crippen LogP contribution in [0.2, 0.25) is 0 Å². The molecule has 1 aromatic heterocycles. The summed E-state index contributed by atoms with van der Waals surface area (Å²) in [5, 5.41) is 8.97. The first kappa shape index (κ1) is 17.5. The Kier molecular flexibility index (Phi) is 5.07. The maximum Gasteiger partial charge on any atom is 0.223 e. The SMILES string of the molecule is COc1ccc2cc(C3CN(C(=O)CCc4cn[nH]c4)CCO3)ccc2c1. The van der Waals surface area contributed by atoms with Crippen LogP contribution in [0.15, 0.2) is 48.8 Å². The number of morpholine rings is 1. The first-order chi connectivity index (χ1) is 13.2. The van der Waals surface area contributed by atoms with Gasteiger partial charge >= 0.3 is 0 Å². The number of amides is 1. The molecule has 0 radical (unpaired) electrons. The van der Waals surface area contributed by atoms with Crippen LogP contribution in [-0.4, -0.2) is 47.8 Å². The largest absolute Gasteiger partial charge is 0.497 e. The lowest BCUT2D eigenvalue weighted by Crippen LogP contribution is -2.42. The molecule has 2 aromatic carbocycles. The lowest BCUT2D eigenvalue weighted by Gasteiger charge is -2.33. The quantitative estimate of drug-likeness (QED) is 0.754. The summed E-state index contributed by atoms with van der Waals surface area (Å²) in [7, 11) is 1.67. The Morgan fingerprint density at radius 2 is 2.15 bits per heavy atom. The molecule has 0 aliphatic carbocycles. The molecule has 1 aliphatic heterocycles. The Bertz CT molecular complexity index is 924. The second-order valence-electron chi connectivity index (χ2n) is 6.78. The van der Waals surface area contributed by atoms with Crippen LogP contribution in [-0.2, 0) is 16.0 Å². The number of nitrogens with zero attached hydrogens (tertiary/aromatic N) is 2. The first-order valence-corrected chi connectivity index (χ1v) is 9.17. The van der Waals surface area contributed by atoms with Crippen molar-refractivity contribution in [2.24, 2.45) is 0 Å². The molecular weight excluding hydrogens is 342 g/mol. The number of H-pyrrole nitrogens is 1. The number of aromatic nitrogens is 2. The van der Waals surface area contributed by atoms with Crippen molar-refractivity contribution in [1.29, 1.82) is 0 Å². The Morgan fingerprint density at radius 1 is 1.30 bits per heavy atom. The Morgan fingerprint density at radius 3 is 2.96 bits per heavy atom. The third-order valence-electron chi connectivity index (χ3n) is 5.04. The summed E-state index contributed by atoms with van der Waals surface area (Å²) in [6.45, 7) is 1.79. The predicted octanol–water partition coefficient (Wildman–Crippen LogP) is 3.10. The van der Waals surface area contributed by atoms with Crippen LogP contribution in [0, 0.1) is 0 Å². The monoisotopic (exact) mass is 365 g/mol. The van der Waals surface area contributed by atoms with E-state index < -0.39 is 0 Å². The number of carbonyl (C=O) groups excluding carboxylic acids is 1. The number of rotatable bonds is 5. The normalized spacial score (nSPS) is 17.2. The first-order valence-electron chi connectivity index (χ1n) is 9.17. The molecule has 6 heteroatoms. The van der Waals surface area contributed by atoms with Gasteiger partial charge < -0.3 is 14.4 Å². The van der Waals surface area contributed by atoms with Crippen LogP contribution < -0.4 is 4.74 Å². The molecule has 1 aliphatic rings. The maximum absolute atomic E-state index is 12.6. The number of nitrogens with one attached hydrogen (secondary N) is 1. The molecule has 1 fully saturated rings. The molecule has 1 N–H and O–H groups in total. The molecule has 1 unspecified atom stereocenters. The van der Waals surface area contributed by atoms with Crippen molar-refractivity contribution in [2.45, 2.75) is 18.9 Å². The van der Waals surface area contributed by atoms with E-state index in [2.05, 4.69) is 28.4 Å². The fourth-order valence-electron chi connectivity index (χ4n) is 3.47. The zero-order valence-corrected chi connectivity index (χ0v) is 15.4. The number of benzene rings is 2. The summed E-state index contributed by atoms with van der Waals surface area (Å²) >= 11 is 0. The van der Waals surface area contributed by atoms with Gasteiger partial charge in [0.2, 0.25) is 5.91 Å². The minimum absolute atomic E-state index is 0.0943. The van der Waals surface area contributed by atoms with E-state index in [0.717, 1.165) is 27.6 Å². The lowest BCUT2D eigenvalue weighted by molar-refractivity contribution is -0.139. The maximum atomic E-state index is 12.6. The fraction of sp³-hybridized carbons (Fsp3) is 0.333. The zero-order chi connectivity index (χ0) is 18.6. The number of fused-ring (bicyclic) bond motifs is 1. The van der Waals surface area contributed by atoms with E-state index in [9.17, 15) is 4.79 Å². The molecule has 27 heavy (non-hydrogen) atoms. The van der Waals surface area contributed by atoms with Crippen LogP contribution in [0.4, 0.5) is 0 Å². The Labute approximate surface area is 158 Å². The summed E-state index contributed by atoms with van der Waals surface area (Å²) in [5.41, 5.74) is 2.15. The van der Waals surface area contributed by atoms with E-state index in [4.69, 9.17) is 9.47 Å². The molecule has 1 amide bonds. The number of hydrogen-bond donors (Lipinski definition) is 1. The van der Waals surface area contributed by atoms with Crippen molar-refractivity contribution < 1.29 is 14.3 Å². The van der Waals surface area contributed by atoms with Gasteiger partial charge in [-0.05, 0) is 46.5 Å². The van der Waals surface area contributed by atoms with Crippen molar-refractivity contribution in [1.82, 2.24) is 15.1 Å². The van der Waals surface area contributed by atoms with Gasteiger partial charge in [0.05, 0.1) is 26.5 Å². The van der Waals surface area contributed by atoms with Crippen LogP contribution >= 0.6 is 0 Å². The van der Waals surface area contributed by atoms with Crippen molar-refractivity contribution in [3.8, 4) is 5.75 Å². The van der Waals surface area contributed by atoms with Crippen LogP contribution in [0.25, 0.3) is 10.8 Å². The number of methoxy groups -OCH3 is 1. The van der Waals surface area contributed by atoms with Crippen molar-refractivity contribution >= 4 is 16.7 Å². The predicted molar refractivity (Wildman–Crippen MR) is 103 cm³/mol. The average molecular weight is 365 g/mol. The molecular formula is C21H23N3O3. The van der Waals surface area contributed by atoms with Gasteiger partial charge in [0.15, 0.2) is 0 Å². The standard InChI is InChI=1S/C21H23N3O3/c1-26-19-6-5-16-10-18(4-3-17(16)11-19)20-14-24(8-9-27-20)21(25)7-2-15-12-22-23-13-15/h3-6,10-13,20H,2,7-9,14H2,1H3,(H,22,23). The minimum Gasteiger partial charge on any atom is -0.497 e. The fourth-order valence-corrected chi connectivity index (χ4v) is 3.47. The van der Waals surface area contributed by atoms with Gasteiger partial charge in [0.1, 0.15) is 11.9 Å². The van der Waals surface area contributed by atoms with E-state index in [1.165, 1.54) is 0 Å². The van der Waals surface area contributed by atoms with Gasteiger partial charge in [-0.3, -0.25) is 9.89 Å². The highest BCUT2D eigenvalue weighted by atomic mass is 16.5. The highest BCUT2D eigenvalue weighted by molar-refractivity contribution is 5.84. The molecule has 0 spiro atoms. The smallest absolute Gasteiger partial charge is 0.223 e. The number of aromatic amines is 1. The molecule has 0 bridgehead atoms. The molecule has 140 valence electrons. The number of aryl methyl sites for hydroxylation is 1. The third-order valence-corrected chi connectivity index (χ3v) is 5.04. The van der Waals surface area contributed by atoms with Crippen molar-refractivity contribution in [3.05, 3.63) is 59.9 Å². The van der Waals surface area contributed by atoms with Gasteiger partial charge in [-0.25, -0.2) is 0 Å². The molecule has 1 atom stereocenters. The van der Waals surface area contributed by atoms with E-state index in [0.29, 0.717) is 32.5 Å². The van der Waals surface area contributed by atoms with Gasteiger partial charge in [-0.2, -0.15) is 5.10 Å². The average Bonchev–Trinajstić information content (AvgIpc) is 3.25. The number of hydrogen-bond acceptors (Lipinski definition) is 4. The van der Waals surface area contributed by atoms with Crippen LogP contribution in [0.3, 0.4) is 0 Å². The Hall–Kier alpha value is -2.86. The second kappa shape index (κ2) is 7.80. The van der Waals surface area contributed by atoms with Crippen LogP contribution in [0.1, 0.15) is 23.7 Å². The van der Waals surface area contributed by atoms with Gasteiger partial charge in [0, 0.05) is 19.2 Å². The van der Waals surface area contributed by atoms with E-state index in [1.54, 1.807) is 13.3 Å². The molecule has 2 heterocycles. The zero-order valence-electron chi connectivity index (χ0n) is 15.4.